The number of aromatic nitrogens is 1. The molecule has 0 aliphatic rings. The zero-order chi connectivity index (χ0) is 15.4. The first-order chi connectivity index (χ1) is 10.0. The van der Waals surface area contributed by atoms with Crippen LogP contribution in [0.1, 0.15) is 39.8 Å². The number of rotatable bonds is 6. The molecule has 2 aromatic rings. The highest BCUT2D eigenvalue weighted by atomic mass is 32.1. The van der Waals surface area contributed by atoms with Crippen molar-refractivity contribution in [3.63, 3.8) is 0 Å². The van der Waals surface area contributed by atoms with Gasteiger partial charge in [0.05, 0.1) is 5.69 Å². The number of carboxylic acid groups (broad SMARTS) is 1. The molecule has 2 rings (SSSR count). The number of thiazole rings is 1. The maximum absolute atomic E-state index is 11.3. The van der Waals surface area contributed by atoms with E-state index in [1.807, 2.05) is 31.0 Å². The number of nitrogens with zero attached hydrogens (tertiary/aromatic N) is 2. The fraction of sp³-hybridized carbons (Fsp3) is 0.375. The Morgan fingerprint density at radius 1 is 1.38 bits per heavy atom. The van der Waals surface area contributed by atoms with E-state index < -0.39 is 5.97 Å². The fourth-order valence-corrected chi connectivity index (χ4v) is 3.10. The number of benzene rings is 1. The third-order valence-corrected chi connectivity index (χ3v) is 4.56. The van der Waals surface area contributed by atoms with Crippen LogP contribution in [0, 0.1) is 6.92 Å². The Balaban J connectivity index is 2.23. The van der Waals surface area contributed by atoms with Crippen LogP contribution in [-0.2, 0) is 13.0 Å². The molecule has 1 aromatic heterocycles. The van der Waals surface area contributed by atoms with Crippen molar-refractivity contribution in [2.75, 3.05) is 11.9 Å². The molecule has 1 heterocycles. The highest BCUT2D eigenvalue weighted by Gasteiger charge is 2.18. The normalized spacial score (nSPS) is 10.6. The molecule has 0 fully saturated rings. The molecule has 5 heteroatoms. The van der Waals surface area contributed by atoms with E-state index >= 15 is 0 Å². The number of hydrogen-bond acceptors (Lipinski definition) is 4. The predicted molar refractivity (Wildman–Crippen MR) is 86.4 cm³/mol. The van der Waals surface area contributed by atoms with E-state index in [2.05, 4.69) is 24.0 Å². The van der Waals surface area contributed by atoms with Gasteiger partial charge in [-0.1, -0.05) is 48.9 Å². The molecule has 21 heavy (non-hydrogen) atoms. The first kappa shape index (κ1) is 15.5. The molecule has 1 aromatic carbocycles. The van der Waals surface area contributed by atoms with Crippen LogP contribution in [0.5, 0.6) is 0 Å². The summed E-state index contributed by atoms with van der Waals surface area (Å²) in [6.45, 7) is 4.84. The third-order valence-electron chi connectivity index (χ3n) is 3.36. The number of aromatic carboxylic acids is 1. The zero-order valence-corrected chi connectivity index (χ0v) is 13.4. The van der Waals surface area contributed by atoms with Crippen molar-refractivity contribution < 1.29 is 9.90 Å². The van der Waals surface area contributed by atoms with Crippen LogP contribution in [0.4, 0.5) is 5.13 Å². The second-order valence-corrected chi connectivity index (χ2v) is 6.09. The third kappa shape index (κ3) is 3.61. The van der Waals surface area contributed by atoms with Crippen LogP contribution in [0.15, 0.2) is 24.3 Å². The second-order valence-electron chi connectivity index (χ2n) is 5.11. The number of aryl methyl sites for hydroxylation is 2. The van der Waals surface area contributed by atoms with Gasteiger partial charge >= 0.3 is 5.97 Å². The predicted octanol–water partition coefficient (Wildman–Crippen LogP) is 3.74. The molecule has 0 bridgehead atoms. The van der Waals surface area contributed by atoms with E-state index in [4.69, 9.17) is 0 Å². The summed E-state index contributed by atoms with van der Waals surface area (Å²) in [5, 5.41) is 10.0. The van der Waals surface area contributed by atoms with Crippen molar-refractivity contribution in [3.8, 4) is 0 Å². The summed E-state index contributed by atoms with van der Waals surface area (Å²) >= 11 is 1.26. The number of anilines is 1. The van der Waals surface area contributed by atoms with Crippen molar-refractivity contribution >= 4 is 22.4 Å². The van der Waals surface area contributed by atoms with E-state index in [1.54, 1.807) is 0 Å². The van der Waals surface area contributed by atoms with Gasteiger partial charge in [0.1, 0.15) is 4.88 Å². The molecule has 0 saturated carbocycles. The van der Waals surface area contributed by atoms with Crippen molar-refractivity contribution in [1.82, 2.24) is 4.98 Å². The first-order valence-electron chi connectivity index (χ1n) is 7.01. The van der Waals surface area contributed by atoms with Gasteiger partial charge in [-0.05, 0) is 24.5 Å². The average Bonchev–Trinajstić information content (AvgIpc) is 2.86. The quantitative estimate of drug-likeness (QED) is 0.883. The lowest BCUT2D eigenvalue weighted by atomic mass is 10.1. The fourth-order valence-electron chi connectivity index (χ4n) is 2.19. The largest absolute Gasteiger partial charge is 0.477 e. The van der Waals surface area contributed by atoms with Gasteiger partial charge < -0.3 is 10.0 Å². The van der Waals surface area contributed by atoms with Gasteiger partial charge in [-0.2, -0.15) is 0 Å². The Hall–Kier alpha value is -1.88. The van der Waals surface area contributed by atoms with Gasteiger partial charge in [-0.25, -0.2) is 9.78 Å². The molecule has 0 aliphatic carbocycles. The highest BCUT2D eigenvalue weighted by Crippen LogP contribution is 2.28. The van der Waals surface area contributed by atoms with Gasteiger partial charge in [0.25, 0.3) is 0 Å². The van der Waals surface area contributed by atoms with Crippen LogP contribution in [-0.4, -0.2) is 23.1 Å². The SMILES string of the molecule is CCCc1nc(N(C)Cc2ccccc2C)sc1C(=O)O. The Kier molecular flexibility index (Phi) is 4.96. The van der Waals surface area contributed by atoms with Crippen molar-refractivity contribution in [3.05, 3.63) is 46.0 Å². The summed E-state index contributed by atoms with van der Waals surface area (Å²) in [5.74, 6) is -0.883. The molecule has 0 aliphatic heterocycles. The minimum absolute atomic E-state index is 0.364. The van der Waals surface area contributed by atoms with E-state index in [9.17, 15) is 9.90 Å². The number of carbonyl (C=O) groups is 1. The van der Waals surface area contributed by atoms with Crippen LogP contribution >= 0.6 is 11.3 Å². The summed E-state index contributed by atoms with van der Waals surface area (Å²) in [6.07, 6.45) is 1.60. The molecule has 0 saturated heterocycles. The van der Waals surface area contributed by atoms with Gasteiger partial charge in [-0.3, -0.25) is 0 Å². The van der Waals surface area contributed by atoms with Crippen molar-refractivity contribution in [1.29, 1.82) is 0 Å². The van der Waals surface area contributed by atoms with Crippen LogP contribution in [0.2, 0.25) is 0 Å². The van der Waals surface area contributed by atoms with Crippen LogP contribution < -0.4 is 4.90 Å². The summed E-state index contributed by atoms with van der Waals surface area (Å²) in [5.41, 5.74) is 3.15. The number of carboxylic acids is 1. The molecule has 0 radical (unpaired) electrons. The summed E-state index contributed by atoms with van der Waals surface area (Å²) in [6, 6.07) is 8.20. The van der Waals surface area contributed by atoms with Crippen LogP contribution in [0.3, 0.4) is 0 Å². The van der Waals surface area contributed by atoms with Gasteiger partial charge in [0.2, 0.25) is 0 Å². The molecule has 1 N–H and O–H groups in total. The zero-order valence-electron chi connectivity index (χ0n) is 12.6. The van der Waals surface area contributed by atoms with E-state index in [0.717, 1.165) is 18.1 Å². The monoisotopic (exact) mass is 304 g/mol. The minimum atomic E-state index is -0.883. The summed E-state index contributed by atoms with van der Waals surface area (Å²) in [7, 11) is 1.95. The maximum atomic E-state index is 11.3. The molecule has 0 amide bonds. The Labute approximate surface area is 129 Å². The molecule has 0 spiro atoms. The lowest BCUT2D eigenvalue weighted by Crippen LogP contribution is -2.16. The van der Waals surface area contributed by atoms with E-state index in [-0.39, 0.29) is 0 Å². The molecule has 0 unspecified atom stereocenters. The van der Waals surface area contributed by atoms with E-state index in [0.29, 0.717) is 17.0 Å². The second kappa shape index (κ2) is 6.72. The molecule has 112 valence electrons. The summed E-state index contributed by atoms with van der Waals surface area (Å²) < 4.78 is 0. The van der Waals surface area contributed by atoms with Crippen molar-refractivity contribution in [2.24, 2.45) is 0 Å². The molecule has 0 atom stereocenters. The van der Waals surface area contributed by atoms with Crippen LogP contribution in [0.25, 0.3) is 0 Å². The van der Waals surface area contributed by atoms with E-state index in [1.165, 1.54) is 22.5 Å². The van der Waals surface area contributed by atoms with Crippen molar-refractivity contribution in [2.45, 2.75) is 33.2 Å². The number of hydrogen-bond donors (Lipinski definition) is 1. The standard InChI is InChI=1S/C16H20N2O2S/c1-4-7-13-14(15(19)20)21-16(17-13)18(3)10-12-9-6-5-8-11(12)2/h5-6,8-9H,4,7,10H2,1-3H3,(H,19,20). The van der Waals surface area contributed by atoms with Gasteiger partial charge in [-0.15, -0.1) is 0 Å². The molecule has 4 nitrogen and oxygen atoms in total. The average molecular weight is 304 g/mol. The smallest absolute Gasteiger partial charge is 0.347 e. The van der Waals surface area contributed by atoms with Gasteiger partial charge in [0.15, 0.2) is 5.13 Å². The first-order valence-corrected chi connectivity index (χ1v) is 7.83. The Bertz CT molecular complexity index is 637. The Morgan fingerprint density at radius 2 is 2.10 bits per heavy atom. The maximum Gasteiger partial charge on any atom is 0.347 e. The van der Waals surface area contributed by atoms with Gasteiger partial charge in [0, 0.05) is 13.6 Å². The topological polar surface area (TPSA) is 53.4 Å². The highest BCUT2D eigenvalue weighted by molar-refractivity contribution is 7.17. The minimum Gasteiger partial charge on any atom is -0.477 e. The molecular weight excluding hydrogens is 284 g/mol. The lowest BCUT2D eigenvalue weighted by Gasteiger charge is -2.17. The lowest BCUT2D eigenvalue weighted by molar-refractivity contribution is 0.0700. The summed E-state index contributed by atoms with van der Waals surface area (Å²) in [4.78, 5) is 18.2. The molecular formula is C16H20N2O2S. The Morgan fingerprint density at radius 3 is 2.71 bits per heavy atom.